The summed E-state index contributed by atoms with van der Waals surface area (Å²) < 4.78 is 0. The summed E-state index contributed by atoms with van der Waals surface area (Å²) in [6, 6.07) is 18.7. The molecule has 1 fully saturated rings. The van der Waals surface area contributed by atoms with E-state index in [-0.39, 0.29) is 18.1 Å². The number of nitrogens with zero attached hydrogens (tertiary/aromatic N) is 3. The molecule has 29 heavy (non-hydrogen) atoms. The molecule has 0 radical (unpaired) electrons. The minimum atomic E-state index is -0.266. The summed E-state index contributed by atoms with van der Waals surface area (Å²) in [4.78, 5) is 17.0. The maximum atomic E-state index is 10.1. The van der Waals surface area contributed by atoms with E-state index in [2.05, 4.69) is 51.5 Å². The van der Waals surface area contributed by atoms with Crippen LogP contribution in [0.25, 0.3) is 33.7 Å². The van der Waals surface area contributed by atoms with Crippen LogP contribution in [0, 0.1) is 5.92 Å². The van der Waals surface area contributed by atoms with E-state index in [1.165, 1.54) is 0 Å². The summed E-state index contributed by atoms with van der Waals surface area (Å²) in [6.45, 7) is 2.08. The molecule has 4 aromatic rings. The highest BCUT2D eigenvalue weighted by Crippen LogP contribution is 2.33. The highest BCUT2D eigenvalue weighted by atomic mass is 16.3. The van der Waals surface area contributed by atoms with E-state index in [0.29, 0.717) is 11.5 Å². The largest absolute Gasteiger partial charge is 0.393 e. The average molecular weight is 385 g/mol. The van der Waals surface area contributed by atoms with Gasteiger partial charge in [0.1, 0.15) is 12.2 Å². The topological polar surface area (TPSA) is 86.7 Å². The predicted molar refractivity (Wildman–Crippen MR) is 114 cm³/mol. The maximum Gasteiger partial charge on any atom is 0.163 e. The van der Waals surface area contributed by atoms with Crippen molar-refractivity contribution in [2.45, 2.75) is 31.9 Å². The number of aromatic amines is 1. The molecular weight excluding hydrogens is 362 g/mol. The third-order valence-corrected chi connectivity index (χ3v) is 5.73. The number of aliphatic hydroxyl groups excluding tert-OH is 1. The second kappa shape index (κ2) is 7.29. The van der Waals surface area contributed by atoms with Crippen LogP contribution in [0.15, 0.2) is 60.9 Å². The zero-order valence-electron chi connectivity index (χ0n) is 16.2. The molecule has 2 aromatic carbocycles. The van der Waals surface area contributed by atoms with Gasteiger partial charge in [-0.25, -0.2) is 15.0 Å². The minimum Gasteiger partial charge on any atom is -0.393 e. The Kier molecular flexibility index (Phi) is 4.48. The molecule has 0 spiro atoms. The highest BCUT2D eigenvalue weighted by molar-refractivity contribution is 5.88. The molecule has 0 bridgehead atoms. The molecule has 0 aliphatic heterocycles. The van der Waals surface area contributed by atoms with Gasteiger partial charge >= 0.3 is 0 Å². The smallest absolute Gasteiger partial charge is 0.163 e. The van der Waals surface area contributed by atoms with E-state index < -0.39 is 0 Å². The third-order valence-electron chi connectivity index (χ3n) is 5.73. The van der Waals surface area contributed by atoms with Crippen molar-refractivity contribution >= 4 is 17.0 Å². The molecule has 6 heteroatoms. The molecule has 3 atom stereocenters. The van der Waals surface area contributed by atoms with Crippen molar-refractivity contribution in [3.05, 3.63) is 60.9 Å². The molecule has 1 aliphatic carbocycles. The lowest BCUT2D eigenvalue weighted by Crippen LogP contribution is -2.17. The van der Waals surface area contributed by atoms with Crippen molar-refractivity contribution in [1.29, 1.82) is 0 Å². The molecule has 1 aliphatic rings. The van der Waals surface area contributed by atoms with Crippen molar-refractivity contribution in [2.24, 2.45) is 5.92 Å². The molecule has 0 amide bonds. The number of anilines is 1. The first kappa shape index (κ1) is 17.8. The molecule has 2 heterocycles. The van der Waals surface area contributed by atoms with Crippen LogP contribution in [0.1, 0.15) is 19.8 Å². The number of hydrogen-bond acceptors (Lipinski definition) is 5. The quantitative estimate of drug-likeness (QED) is 0.489. The van der Waals surface area contributed by atoms with Gasteiger partial charge in [0.25, 0.3) is 0 Å². The van der Waals surface area contributed by atoms with Gasteiger partial charge in [0.15, 0.2) is 17.0 Å². The molecular formula is C23H23N5O. The van der Waals surface area contributed by atoms with Gasteiger partial charge in [0.05, 0.1) is 6.10 Å². The van der Waals surface area contributed by atoms with Crippen LogP contribution in [-0.2, 0) is 0 Å². The van der Waals surface area contributed by atoms with Crippen molar-refractivity contribution in [3.8, 4) is 22.5 Å². The molecule has 1 saturated carbocycles. The van der Waals surface area contributed by atoms with E-state index in [1.807, 2.05) is 30.3 Å². The molecule has 0 saturated heterocycles. The standard InChI is InChI=1S/C23H23N5O/c1-14-11-16(12-19(14)29)26-22-20-23(25-13-24-22)28-21(27-20)18-10-6-5-9-17(18)15-7-3-2-4-8-15/h2-10,13-14,16,19,29H,11-12H2,1H3,(H2,24,25,26,27,28)/t14-,16+,19+/m0/s1. The van der Waals surface area contributed by atoms with Crippen molar-refractivity contribution in [1.82, 2.24) is 19.9 Å². The fraction of sp³-hybridized carbons (Fsp3) is 0.261. The molecule has 5 rings (SSSR count). The number of H-pyrrole nitrogens is 1. The monoisotopic (exact) mass is 385 g/mol. The fourth-order valence-corrected chi connectivity index (χ4v) is 4.16. The second-order valence-corrected chi connectivity index (χ2v) is 7.77. The van der Waals surface area contributed by atoms with E-state index in [9.17, 15) is 5.11 Å². The van der Waals surface area contributed by atoms with E-state index in [1.54, 1.807) is 6.33 Å². The van der Waals surface area contributed by atoms with E-state index >= 15 is 0 Å². The number of imidazole rings is 1. The summed E-state index contributed by atoms with van der Waals surface area (Å²) in [5.74, 6) is 1.76. The molecule has 6 nitrogen and oxygen atoms in total. The lowest BCUT2D eigenvalue weighted by Gasteiger charge is -2.12. The number of benzene rings is 2. The number of aliphatic hydroxyl groups is 1. The Balaban J connectivity index is 1.54. The van der Waals surface area contributed by atoms with Crippen LogP contribution >= 0.6 is 0 Å². The Morgan fingerprint density at radius 2 is 1.72 bits per heavy atom. The Morgan fingerprint density at radius 1 is 0.966 bits per heavy atom. The maximum absolute atomic E-state index is 10.1. The average Bonchev–Trinajstić information content (AvgIpc) is 3.32. The normalized spacial score (nSPS) is 21.5. The zero-order valence-corrected chi connectivity index (χ0v) is 16.2. The number of aromatic nitrogens is 4. The molecule has 146 valence electrons. The first-order chi connectivity index (χ1) is 14.2. The Morgan fingerprint density at radius 3 is 2.48 bits per heavy atom. The van der Waals surface area contributed by atoms with Gasteiger partial charge in [-0.15, -0.1) is 0 Å². The summed E-state index contributed by atoms with van der Waals surface area (Å²) in [6.07, 6.45) is 2.92. The van der Waals surface area contributed by atoms with Gasteiger partial charge in [-0.05, 0) is 29.9 Å². The van der Waals surface area contributed by atoms with E-state index in [4.69, 9.17) is 4.98 Å². The summed E-state index contributed by atoms with van der Waals surface area (Å²) in [5, 5.41) is 13.5. The second-order valence-electron chi connectivity index (χ2n) is 7.77. The SMILES string of the molecule is C[C@H]1C[C@@H](Nc2ncnc3[nH]c(-c4ccccc4-c4ccccc4)nc23)C[C@H]1O. The van der Waals surface area contributed by atoms with Crippen LogP contribution in [-0.4, -0.2) is 37.2 Å². The van der Waals surface area contributed by atoms with Gasteiger partial charge in [0.2, 0.25) is 0 Å². The summed E-state index contributed by atoms with van der Waals surface area (Å²) in [7, 11) is 0. The summed E-state index contributed by atoms with van der Waals surface area (Å²) in [5.41, 5.74) is 4.70. The molecule has 0 unspecified atom stereocenters. The Hall–Kier alpha value is -3.25. The van der Waals surface area contributed by atoms with Crippen LogP contribution < -0.4 is 5.32 Å². The molecule has 3 N–H and O–H groups in total. The van der Waals surface area contributed by atoms with Crippen molar-refractivity contribution < 1.29 is 5.11 Å². The van der Waals surface area contributed by atoms with Crippen molar-refractivity contribution in [3.63, 3.8) is 0 Å². The number of hydrogen-bond donors (Lipinski definition) is 3. The van der Waals surface area contributed by atoms with Gasteiger partial charge in [0, 0.05) is 11.6 Å². The van der Waals surface area contributed by atoms with Crippen LogP contribution in [0.3, 0.4) is 0 Å². The number of nitrogens with one attached hydrogen (secondary N) is 2. The number of fused-ring (bicyclic) bond motifs is 1. The first-order valence-electron chi connectivity index (χ1n) is 9.99. The lowest BCUT2D eigenvalue weighted by atomic mass is 9.99. The van der Waals surface area contributed by atoms with E-state index in [0.717, 1.165) is 40.9 Å². The lowest BCUT2D eigenvalue weighted by molar-refractivity contribution is 0.141. The van der Waals surface area contributed by atoms with Gasteiger partial charge < -0.3 is 15.4 Å². The van der Waals surface area contributed by atoms with Crippen LogP contribution in [0.4, 0.5) is 5.82 Å². The number of rotatable bonds is 4. The zero-order chi connectivity index (χ0) is 19.8. The Bertz CT molecular complexity index is 1130. The van der Waals surface area contributed by atoms with Crippen LogP contribution in [0.2, 0.25) is 0 Å². The van der Waals surface area contributed by atoms with Gasteiger partial charge in [-0.3, -0.25) is 0 Å². The molecule has 2 aromatic heterocycles. The van der Waals surface area contributed by atoms with Gasteiger partial charge in [-0.1, -0.05) is 61.5 Å². The highest BCUT2D eigenvalue weighted by Gasteiger charge is 2.30. The Labute approximate surface area is 169 Å². The van der Waals surface area contributed by atoms with Crippen molar-refractivity contribution in [2.75, 3.05) is 5.32 Å². The summed E-state index contributed by atoms with van der Waals surface area (Å²) >= 11 is 0. The van der Waals surface area contributed by atoms with Crippen LogP contribution in [0.5, 0.6) is 0 Å². The predicted octanol–water partition coefficient (Wildman–Crippen LogP) is 4.26. The fourth-order valence-electron chi connectivity index (χ4n) is 4.16. The first-order valence-corrected chi connectivity index (χ1v) is 9.99. The third kappa shape index (κ3) is 3.36. The minimum absolute atomic E-state index is 0.190. The van der Waals surface area contributed by atoms with Gasteiger partial charge in [-0.2, -0.15) is 0 Å².